The molecule has 1 saturated heterocycles. The summed E-state index contributed by atoms with van der Waals surface area (Å²) in [6.07, 6.45) is 6.55. The standard InChI is InChI=1S/C24H32N4/c25-23(27-26)14-8-3-9-17-28-18-15-22(16-19-28)24(20-10-4-1-5-11-20)21-12-6-2-7-13-21/h1-2,4-7,10-13H,3,8-9,14-19,26H2,(H2,25,27). The maximum absolute atomic E-state index is 5.65. The van der Waals surface area contributed by atoms with Crippen LogP contribution in [0.2, 0.25) is 0 Å². The Morgan fingerprint density at radius 3 is 1.93 bits per heavy atom. The number of rotatable bonds is 8. The third kappa shape index (κ3) is 5.70. The number of benzene rings is 2. The Kier molecular flexibility index (Phi) is 7.68. The second-order valence-electron chi connectivity index (χ2n) is 7.48. The molecule has 1 heterocycles. The zero-order chi connectivity index (χ0) is 19.6. The smallest absolute Gasteiger partial charge is 0.119 e. The van der Waals surface area contributed by atoms with Crippen LogP contribution in [0.5, 0.6) is 0 Å². The Bertz CT molecular complexity index is 729. The number of hydrogen-bond donors (Lipinski definition) is 2. The van der Waals surface area contributed by atoms with Gasteiger partial charge in [-0.1, -0.05) is 72.7 Å². The second kappa shape index (κ2) is 10.7. The van der Waals surface area contributed by atoms with Gasteiger partial charge in [0.15, 0.2) is 0 Å². The molecule has 0 amide bonds. The number of nitrogens with two attached hydrogens (primary N) is 2. The molecular weight excluding hydrogens is 344 g/mol. The Labute approximate surface area is 168 Å². The number of hydrogen-bond acceptors (Lipinski definition) is 3. The first-order valence-electron chi connectivity index (χ1n) is 10.4. The highest BCUT2D eigenvalue weighted by atomic mass is 15.1. The van der Waals surface area contributed by atoms with Crippen molar-refractivity contribution in [2.24, 2.45) is 16.7 Å². The lowest BCUT2D eigenvalue weighted by atomic mass is 9.88. The summed E-state index contributed by atoms with van der Waals surface area (Å²) < 4.78 is 0. The van der Waals surface area contributed by atoms with Gasteiger partial charge < -0.3 is 16.5 Å². The van der Waals surface area contributed by atoms with E-state index in [1.807, 2.05) is 0 Å². The molecule has 4 nitrogen and oxygen atoms in total. The van der Waals surface area contributed by atoms with Crippen LogP contribution < -0.4 is 11.6 Å². The van der Waals surface area contributed by atoms with Gasteiger partial charge in [0.2, 0.25) is 0 Å². The molecule has 1 aliphatic heterocycles. The predicted molar refractivity (Wildman–Crippen MR) is 119 cm³/mol. The van der Waals surface area contributed by atoms with Crippen molar-refractivity contribution in [2.45, 2.75) is 38.5 Å². The van der Waals surface area contributed by atoms with Crippen molar-refractivity contribution in [3.05, 3.63) is 77.4 Å². The Balaban J connectivity index is 1.59. The minimum Gasteiger partial charge on any atom is -0.386 e. The molecule has 2 aromatic rings. The predicted octanol–water partition coefficient (Wildman–Crippen LogP) is 4.38. The molecule has 0 aromatic heterocycles. The summed E-state index contributed by atoms with van der Waals surface area (Å²) in [5.41, 5.74) is 11.3. The second-order valence-corrected chi connectivity index (χ2v) is 7.48. The monoisotopic (exact) mass is 376 g/mol. The van der Waals surface area contributed by atoms with E-state index in [1.54, 1.807) is 5.57 Å². The van der Waals surface area contributed by atoms with Crippen molar-refractivity contribution >= 4 is 11.4 Å². The SMILES string of the molecule is N/N=C(\N)CCCCCN1CCC(=C(c2ccccc2)c2ccccc2)CC1. The third-order valence-electron chi connectivity index (χ3n) is 5.51. The third-order valence-corrected chi connectivity index (χ3v) is 5.51. The zero-order valence-corrected chi connectivity index (χ0v) is 16.7. The lowest BCUT2D eigenvalue weighted by Crippen LogP contribution is -2.32. The lowest BCUT2D eigenvalue weighted by Gasteiger charge is -2.30. The molecule has 4 heteroatoms. The van der Waals surface area contributed by atoms with Gasteiger partial charge in [0.05, 0.1) is 0 Å². The van der Waals surface area contributed by atoms with E-state index in [0.717, 1.165) is 38.8 Å². The molecule has 0 unspecified atom stereocenters. The first-order valence-corrected chi connectivity index (χ1v) is 10.4. The minimum atomic E-state index is 0.558. The number of nitrogens with zero attached hydrogens (tertiary/aromatic N) is 2. The fourth-order valence-electron chi connectivity index (χ4n) is 3.96. The van der Waals surface area contributed by atoms with Crippen molar-refractivity contribution < 1.29 is 0 Å². The molecule has 4 N–H and O–H groups in total. The quantitative estimate of drug-likeness (QED) is 0.236. The highest BCUT2D eigenvalue weighted by Crippen LogP contribution is 2.32. The van der Waals surface area contributed by atoms with Crippen molar-refractivity contribution in [1.29, 1.82) is 0 Å². The van der Waals surface area contributed by atoms with Crippen LogP contribution >= 0.6 is 0 Å². The Morgan fingerprint density at radius 2 is 1.39 bits per heavy atom. The van der Waals surface area contributed by atoms with Crippen molar-refractivity contribution in [2.75, 3.05) is 19.6 Å². The van der Waals surface area contributed by atoms with E-state index in [1.165, 1.54) is 36.1 Å². The summed E-state index contributed by atoms with van der Waals surface area (Å²) in [4.78, 5) is 2.59. The summed E-state index contributed by atoms with van der Waals surface area (Å²) in [7, 11) is 0. The molecule has 0 aliphatic carbocycles. The average Bonchev–Trinajstić information content (AvgIpc) is 2.76. The molecule has 148 valence electrons. The number of likely N-dealkylation sites (tertiary alicyclic amines) is 1. The molecule has 3 rings (SSSR count). The van der Waals surface area contributed by atoms with Crippen LogP contribution in [0.1, 0.15) is 49.7 Å². The van der Waals surface area contributed by atoms with Gasteiger partial charge in [-0.15, -0.1) is 0 Å². The number of amidine groups is 1. The molecule has 2 aromatic carbocycles. The van der Waals surface area contributed by atoms with Crippen LogP contribution in [-0.4, -0.2) is 30.4 Å². The van der Waals surface area contributed by atoms with Crippen LogP contribution in [0, 0.1) is 0 Å². The minimum absolute atomic E-state index is 0.558. The highest BCUT2D eigenvalue weighted by molar-refractivity contribution is 5.82. The molecule has 0 spiro atoms. The number of piperidine rings is 1. The maximum Gasteiger partial charge on any atom is 0.119 e. The van der Waals surface area contributed by atoms with Crippen LogP contribution in [0.25, 0.3) is 5.57 Å². The zero-order valence-electron chi connectivity index (χ0n) is 16.7. The van der Waals surface area contributed by atoms with E-state index in [0.29, 0.717) is 5.84 Å². The Morgan fingerprint density at radius 1 is 0.821 bits per heavy atom. The van der Waals surface area contributed by atoms with Gasteiger partial charge in [0.1, 0.15) is 5.84 Å². The first-order chi connectivity index (χ1) is 13.8. The summed E-state index contributed by atoms with van der Waals surface area (Å²) >= 11 is 0. The van der Waals surface area contributed by atoms with E-state index >= 15 is 0 Å². The van der Waals surface area contributed by atoms with Crippen molar-refractivity contribution in [3.8, 4) is 0 Å². The Hall–Kier alpha value is -2.59. The normalized spacial score (nSPS) is 15.6. The summed E-state index contributed by atoms with van der Waals surface area (Å²) in [5.74, 6) is 5.73. The highest BCUT2D eigenvalue weighted by Gasteiger charge is 2.18. The van der Waals surface area contributed by atoms with E-state index in [9.17, 15) is 0 Å². The molecule has 0 saturated carbocycles. The van der Waals surface area contributed by atoms with E-state index in [2.05, 4.69) is 70.7 Å². The number of hydrazone groups is 1. The first kappa shape index (κ1) is 20.2. The lowest BCUT2D eigenvalue weighted by molar-refractivity contribution is 0.251. The van der Waals surface area contributed by atoms with Gasteiger partial charge in [-0.2, -0.15) is 5.10 Å². The van der Waals surface area contributed by atoms with E-state index < -0.39 is 0 Å². The maximum atomic E-state index is 5.65. The number of unbranched alkanes of at least 4 members (excludes halogenated alkanes) is 2. The van der Waals surface area contributed by atoms with Crippen LogP contribution in [0.3, 0.4) is 0 Å². The van der Waals surface area contributed by atoms with Crippen molar-refractivity contribution in [3.63, 3.8) is 0 Å². The fraction of sp³-hybridized carbons (Fsp3) is 0.375. The van der Waals surface area contributed by atoms with Gasteiger partial charge in [-0.3, -0.25) is 0 Å². The molecule has 0 bridgehead atoms. The topological polar surface area (TPSA) is 67.6 Å². The molecule has 0 radical (unpaired) electrons. The summed E-state index contributed by atoms with van der Waals surface area (Å²) in [5, 5.41) is 3.53. The molecule has 28 heavy (non-hydrogen) atoms. The summed E-state index contributed by atoms with van der Waals surface area (Å²) in [6, 6.07) is 21.7. The van der Waals surface area contributed by atoms with Gasteiger partial charge in [0.25, 0.3) is 0 Å². The van der Waals surface area contributed by atoms with Gasteiger partial charge >= 0.3 is 0 Å². The van der Waals surface area contributed by atoms with Crippen molar-refractivity contribution in [1.82, 2.24) is 4.90 Å². The summed E-state index contributed by atoms with van der Waals surface area (Å²) in [6.45, 7) is 3.45. The van der Waals surface area contributed by atoms with Gasteiger partial charge in [-0.25, -0.2) is 0 Å². The molecule has 0 atom stereocenters. The average molecular weight is 377 g/mol. The largest absolute Gasteiger partial charge is 0.386 e. The fourth-order valence-corrected chi connectivity index (χ4v) is 3.96. The van der Waals surface area contributed by atoms with Gasteiger partial charge in [-0.05, 0) is 48.9 Å². The van der Waals surface area contributed by atoms with E-state index in [4.69, 9.17) is 11.6 Å². The van der Waals surface area contributed by atoms with Crippen LogP contribution in [-0.2, 0) is 0 Å². The van der Waals surface area contributed by atoms with Crippen LogP contribution in [0.4, 0.5) is 0 Å². The molecular formula is C24H32N4. The molecule has 1 aliphatic rings. The van der Waals surface area contributed by atoms with E-state index in [-0.39, 0.29) is 0 Å². The molecule has 1 fully saturated rings. The van der Waals surface area contributed by atoms with Crippen LogP contribution in [0.15, 0.2) is 71.3 Å². The van der Waals surface area contributed by atoms with Gasteiger partial charge in [0, 0.05) is 19.5 Å².